The number of fused-ring (bicyclic) bond motifs is 1. The molecule has 0 saturated carbocycles. The summed E-state index contributed by atoms with van der Waals surface area (Å²) in [5, 5.41) is 1.70. The number of sulfonamides is 1. The second kappa shape index (κ2) is 6.82. The van der Waals surface area contributed by atoms with Crippen molar-refractivity contribution in [1.29, 1.82) is 0 Å². The van der Waals surface area contributed by atoms with Gasteiger partial charge in [-0.2, -0.15) is 0 Å². The van der Waals surface area contributed by atoms with E-state index in [0.717, 1.165) is 22.0 Å². The molecule has 2 aromatic rings. The van der Waals surface area contributed by atoms with E-state index in [-0.39, 0.29) is 40.1 Å². The summed E-state index contributed by atoms with van der Waals surface area (Å²) in [6.45, 7) is 4.80. The van der Waals surface area contributed by atoms with Crippen molar-refractivity contribution in [2.24, 2.45) is 0 Å². The monoisotopic (exact) mass is 379 g/mol. The molecule has 3 rings (SSSR count). The topological polar surface area (TPSA) is 50.3 Å². The first-order valence-electron chi connectivity index (χ1n) is 6.18. The van der Waals surface area contributed by atoms with Crippen molar-refractivity contribution in [2.45, 2.75) is 18.7 Å². The molecule has 4 nitrogen and oxygen atoms in total. The Morgan fingerprint density at radius 3 is 2.48 bits per heavy atom. The number of aromatic nitrogens is 1. The summed E-state index contributed by atoms with van der Waals surface area (Å²) in [4.78, 5) is 4.68. The standard InChI is InChI=1S/C14H15N2O2S.CH3.Y/c1-10-9-15-11(2)12-5-3-6-13(14(10)12)19(17,18)16-7-4-8-16;;/h3-6,9H,7-8H2,1-2H3;1H3;/q2*-1;. The van der Waals surface area contributed by atoms with Crippen molar-refractivity contribution in [3.63, 3.8) is 0 Å². The third kappa shape index (κ3) is 3.07. The Balaban J connectivity index is 0.00000110. The van der Waals surface area contributed by atoms with Gasteiger partial charge in [0.1, 0.15) is 0 Å². The van der Waals surface area contributed by atoms with Crippen LogP contribution in [0.5, 0.6) is 0 Å². The summed E-state index contributed by atoms with van der Waals surface area (Å²) < 4.78 is 26.6. The molecule has 6 heteroatoms. The van der Waals surface area contributed by atoms with Crippen LogP contribution < -0.4 is 0 Å². The van der Waals surface area contributed by atoms with Crippen molar-refractivity contribution in [2.75, 3.05) is 13.1 Å². The molecule has 1 fully saturated rings. The van der Waals surface area contributed by atoms with Crippen LogP contribution in [0.25, 0.3) is 10.8 Å². The zero-order valence-corrected chi connectivity index (χ0v) is 16.2. The number of pyridine rings is 1. The van der Waals surface area contributed by atoms with Gasteiger partial charge < -0.3 is 7.43 Å². The molecule has 2 heterocycles. The third-order valence-corrected chi connectivity index (χ3v) is 5.42. The van der Waals surface area contributed by atoms with Gasteiger partial charge >= 0.3 is 0 Å². The van der Waals surface area contributed by atoms with Gasteiger partial charge in [-0.05, 0) is 25.5 Å². The van der Waals surface area contributed by atoms with E-state index < -0.39 is 10.0 Å². The van der Waals surface area contributed by atoms with E-state index in [1.54, 1.807) is 18.3 Å². The fourth-order valence-corrected chi connectivity index (χ4v) is 4.01. The van der Waals surface area contributed by atoms with Gasteiger partial charge in [0, 0.05) is 55.4 Å². The Morgan fingerprint density at radius 1 is 1.24 bits per heavy atom. The number of hydrogen-bond donors (Lipinski definition) is 0. The first kappa shape index (κ1) is 18.7. The van der Waals surface area contributed by atoms with E-state index in [2.05, 4.69) is 4.98 Å². The van der Waals surface area contributed by atoms with E-state index >= 15 is 0 Å². The maximum absolute atomic E-state index is 12.6. The van der Waals surface area contributed by atoms with Crippen LogP contribution in [-0.4, -0.2) is 30.8 Å². The predicted octanol–water partition coefficient (Wildman–Crippen LogP) is 2.51. The molecule has 21 heavy (non-hydrogen) atoms. The summed E-state index contributed by atoms with van der Waals surface area (Å²) >= 11 is 0. The molecule has 1 aromatic carbocycles. The van der Waals surface area contributed by atoms with E-state index in [0.29, 0.717) is 18.0 Å². The Labute approximate surface area is 151 Å². The van der Waals surface area contributed by atoms with Gasteiger partial charge in [-0.25, -0.2) is 8.42 Å². The first-order chi connectivity index (χ1) is 9.01. The van der Waals surface area contributed by atoms with Gasteiger partial charge in [0.25, 0.3) is 0 Å². The zero-order valence-electron chi connectivity index (χ0n) is 12.5. The molecule has 0 spiro atoms. The maximum atomic E-state index is 12.6. The number of hydrogen-bond acceptors (Lipinski definition) is 3. The predicted molar refractivity (Wildman–Crippen MR) is 80.7 cm³/mol. The third-order valence-electron chi connectivity index (χ3n) is 3.55. The van der Waals surface area contributed by atoms with E-state index in [1.807, 2.05) is 26.3 Å². The van der Waals surface area contributed by atoms with Crippen molar-refractivity contribution >= 4 is 20.8 Å². The Bertz CT molecular complexity index is 756. The maximum Gasteiger partial charge on any atom is 0.238 e. The summed E-state index contributed by atoms with van der Waals surface area (Å²) in [7, 11) is -3.39. The summed E-state index contributed by atoms with van der Waals surface area (Å²) in [6.07, 6.45) is 3.68. The minimum absolute atomic E-state index is 0. The SMILES string of the molecule is Cc1ncc(C)c2c(S(=O)(=O)N3C[CH-]C3)cccc12.[CH3-].[Y]. The Hall–Kier alpha value is -0.356. The minimum atomic E-state index is -3.39. The first-order valence-corrected chi connectivity index (χ1v) is 7.62. The Morgan fingerprint density at radius 2 is 1.90 bits per heavy atom. The van der Waals surface area contributed by atoms with Gasteiger partial charge in [0.05, 0.1) is 4.90 Å². The van der Waals surface area contributed by atoms with Gasteiger partial charge in [-0.3, -0.25) is 15.7 Å². The molecule has 1 saturated heterocycles. The van der Waals surface area contributed by atoms with Gasteiger partial charge in [0.2, 0.25) is 10.0 Å². The molecule has 1 aliphatic heterocycles. The van der Waals surface area contributed by atoms with E-state index in [9.17, 15) is 8.42 Å². The molecule has 1 aliphatic rings. The van der Waals surface area contributed by atoms with Crippen LogP contribution in [0.3, 0.4) is 0 Å². The molecule has 0 unspecified atom stereocenters. The van der Waals surface area contributed by atoms with Crippen molar-refractivity contribution < 1.29 is 41.1 Å². The van der Waals surface area contributed by atoms with Crippen molar-refractivity contribution in [1.82, 2.24) is 9.29 Å². The van der Waals surface area contributed by atoms with Gasteiger partial charge in [-0.1, -0.05) is 12.1 Å². The molecule has 111 valence electrons. The van der Waals surface area contributed by atoms with Crippen LogP contribution in [0, 0.1) is 27.7 Å². The molecule has 1 radical (unpaired) electrons. The molecule has 0 N–H and O–H groups in total. The van der Waals surface area contributed by atoms with Crippen molar-refractivity contribution in [3.05, 3.63) is 49.5 Å². The molecule has 1 aromatic heterocycles. The summed E-state index contributed by atoms with van der Waals surface area (Å²) in [5.41, 5.74) is 1.75. The smallest absolute Gasteiger partial charge is 0.238 e. The van der Waals surface area contributed by atoms with Crippen LogP contribution in [0.2, 0.25) is 0 Å². The number of benzene rings is 1. The molecule has 0 atom stereocenters. The second-order valence-electron chi connectivity index (χ2n) is 4.82. The van der Waals surface area contributed by atoms with Gasteiger partial charge in [-0.15, -0.1) is 13.1 Å². The van der Waals surface area contributed by atoms with Crippen LogP contribution in [0.4, 0.5) is 0 Å². The average molecular weight is 379 g/mol. The van der Waals surface area contributed by atoms with Gasteiger partial charge in [0.15, 0.2) is 0 Å². The Kier molecular flexibility index (Phi) is 6.07. The average Bonchev–Trinajstić information content (AvgIpc) is 2.30. The quantitative estimate of drug-likeness (QED) is 0.754. The number of rotatable bonds is 2. The fourth-order valence-electron chi connectivity index (χ4n) is 2.35. The van der Waals surface area contributed by atoms with Crippen LogP contribution >= 0.6 is 0 Å². The molecular formula is C15H18N2O2SY-2. The normalized spacial score (nSPS) is 15.0. The molecule has 0 aliphatic carbocycles. The molecular weight excluding hydrogens is 361 g/mol. The summed E-state index contributed by atoms with van der Waals surface area (Å²) in [6, 6.07) is 5.39. The largest absolute Gasteiger partial charge is 0.358 e. The molecule has 0 amide bonds. The van der Waals surface area contributed by atoms with Crippen molar-refractivity contribution in [3.8, 4) is 0 Å². The number of aryl methyl sites for hydroxylation is 2. The van der Waals surface area contributed by atoms with E-state index in [1.165, 1.54) is 4.31 Å². The van der Waals surface area contributed by atoms with Crippen LogP contribution in [-0.2, 0) is 42.7 Å². The number of nitrogens with zero attached hydrogens (tertiary/aromatic N) is 2. The minimum Gasteiger partial charge on any atom is -0.358 e. The van der Waals surface area contributed by atoms with Crippen LogP contribution in [0.1, 0.15) is 11.3 Å². The molecule has 0 bridgehead atoms. The second-order valence-corrected chi connectivity index (χ2v) is 6.72. The van der Waals surface area contributed by atoms with Crippen LogP contribution in [0.15, 0.2) is 29.3 Å². The summed E-state index contributed by atoms with van der Waals surface area (Å²) in [5.74, 6) is 0. The fraction of sp³-hybridized carbons (Fsp3) is 0.267. The zero-order chi connectivity index (χ0) is 13.6. The van der Waals surface area contributed by atoms with E-state index in [4.69, 9.17) is 0 Å².